The van der Waals surface area contributed by atoms with Gasteiger partial charge < -0.3 is 9.64 Å². The highest BCUT2D eigenvalue weighted by atomic mass is 16.6. The van der Waals surface area contributed by atoms with E-state index in [1.807, 2.05) is 53.4 Å². The van der Waals surface area contributed by atoms with Crippen LogP contribution in [0, 0.1) is 10.1 Å². The van der Waals surface area contributed by atoms with Crippen molar-refractivity contribution in [2.24, 2.45) is 0 Å². The molecule has 1 saturated heterocycles. The van der Waals surface area contributed by atoms with E-state index < -0.39 is 0 Å². The Balaban J connectivity index is 1.26. The van der Waals surface area contributed by atoms with Crippen LogP contribution in [0.5, 0.6) is 5.75 Å². The Kier molecular flexibility index (Phi) is 5.90. The third kappa shape index (κ3) is 4.75. The molecule has 0 atom stereocenters. The summed E-state index contributed by atoms with van der Waals surface area (Å²) in [6, 6.07) is 20.5. The molecule has 1 aliphatic heterocycles. The summed E-state index contributed by atoms with van der Waals surface area (Å²) >= 11 is 0. The number of amides is 1. The molecule has 1 aliphatic rings. The van der Waals surface area contributed by atoms with Gasteiger partial charge >= 0.3 is 0 Å². The fraction of sp³-hybridized carbons (Fsp3) is 0.261. The molecule has 0 saturated carbocycles. The molecule has 3 aromatic carbocycles. The minimum atomic E-state index is -0.379. The molecule has 0 radical (unpaired) electrons. The normalized spacial score (nSPS) is 14.6. The van der Waals surface area contributed by atoms with Crippen LogP contribution in [-0.4, -0.2) is 53.4 Å². The van der Waals surface area contributed by atoms with Crippen LogP contribution in [0.2, 0.25) is 0 Å². The largest absolute Gasteiger partial charge is 0.484 e. The monoisotopic (exact) mass is 405 g/mol. The molecule has 0 aliphatic carbocycles. The minimum Gasteiger partial charge on any atom is -0.484 e. The van der Waals surface area contributed by atoms with Gasteiger partial charge in [0.25, 0.3) is 11.6 Å². The SMILES string of the molecule is O=C(COc1ccc2ccccc2c1)N1CCN(Cc2cccc([N+](=O)[O-])c2)CC1. The number of carbonyl (C=O) groups is 1. The fourth-order valence-corrected chi connectivity index (χ4v) is 3.68. The number of nitrogens with zero attached hydrogens (tertiary/aromatic N) is 3. The number of non-ortho nitro benzene ring substituents is 1. The van der Waals surface area contributed by atoms with Crippen molar-refractivity contribution in [1.82, 2.24) is 9.80 Å². The number of hydrogen-bond donors (Lipinski definition) is 0. The number of nitro benzene ring substituents is 1. The molecule has 0 N–H and O–H groups in total. The Morgan fingerprint density at radius 3 is 2.47 bits per heavy atom. The molecule has 3 aromatic rings. The van der Waals surface area contributed by atoms with Gasteiger partial charge in [-0.05, 0) is 28.5 Å². The van der Waals surface area contributed by atoms with Gasteiger partial charge in [0.05, 0.1) is 4.92 Å². The van der Waals surface area contributed by atoms with Crippen molar-refractivity contribution in [3.63, 3.8) is 0 Å². The molecule has 154 valence electrons. The zero-order valence-electron chi connectivity index (χ0n) is 16.6. The average Bonchev–Trinajstić information content (AvgIpc) is 2.78. The summed E-state index contributed by atoms with van der Waals surface area (Å²) in [5.74, 6) is 0.657. The van der Waals surface area contributed by atoms with Crippen molar-refractivity contribution in [3.05, 3.63) is 82.4 Å². The summed E-state index contributed by atoms with van der Waals surface area (Å²) in [5, 5.41) is 13.1. The number of rotatable bonds is 6. The standard InChI is InChI=1S/C23H23N3O4/c27-23(17-30-22-9-8-19-5-1-2-6-20(19)15-22)25-12-10-24(11-13-25)16-18-4-3-7-21(14-18)26(28)29/h1-9,14-15H,10-13,16-17H2. The van der Waals surface area contributed by atoms with Crippen molar-refractivity contribution >= 4 is 22.4 Å². The maximum Gasteiger partial charge on any atom is 0.269 e. The molecule has 0 bridgehead atoms. The van der Waals surface area contributed by atoms with E-state index in [1.54, 1.807) is 12.1 Å². The van der Waals surface area contributed by atoms with Crippen LogP contribution in [-0.2, 0) is 11.3 Å². The Morgan fingerprint density at radius 2 is 1.70 bits per heavy atom. The lowest BCUT2D eigenvalue weighted by molar-refractivity contribution is -0.384. The lowest BCUT2D eigenvalue weighted by Crippen LogP contribution is -2.49. The van der Waals surface area contributed by atoms with Gasteiger partial charge in [-0.2, -0.15) is 0 Å². The number of fused-ring (bicyclic) bond motifs is 1. The third-order valence-corrected chi connectivity index (χ3v) is 5.34. The summed E-state index contributed by atoms with van der Waals surface area (Å²) in [6.45, 7) is 3.35. The first kappa shape index (κ1) is 19.8. The number of benzene rings is 3. The molecule has 1 heterocycles. The smallest absolute Gasteiger partial charge is 0.269 e. The van der Waals surface area contributed by atoms with Crippen molar-refractivity contribution in [2.75, 3.05) is 32.8 Å². The summed E-state index contributed by atoms with van der Waals surface area (Å²) in [7, 11) is 0. The van der Waals surface area contributed by atoms with Crippen LogP contribution >= 0.6 is 0 Å². The van der Waals surface area contributed by atoms with Gasteiger partial charge in [0.2, 0.25) is 0 Å². The van der Waals surface area contributed by atoms with E-state index in [2.05, 4.69) is 4.90 Å². The lowest BCUT2D eigenvalue weighted by atomic mass is 10.1. The Hall–Kier alpha value is -3.45. The zero-order chi connectivity index (χ0) is 20.9. The second kappa shape index (κ2) is 8.92. The molecule has 1 amide bonds. The Morgan fingerprint density at radius 1 is 0.933 bits per heavy atom. The first-order valence-electron chi connectivity index (χ1n) is 9.93. The van der Waals surface area contributed by atoms with Crippen molar-refractivity contribution in [1.29, 1.82) is 0 Å². The first-order chi connectivity index (χ1) is 14.6. The summed E-state index contributed by atoms with van der Waals surface area (Å²) in [4.78, 5) is 27.1. The van der Waals surface area contributed by atoms with E-state index in [-0.39, 0.29) is 23.1 Å². The first-order valence-corrected chi connectivity index (χ1v) is 9.93. The van der Waals surface area contributed by atoms with Crippen LogP contribution in [0.15, 0.2) is 66.7 Å². The number of hydrogen-bond acceptors (Lipinski definition) is 5. The predicted molar refractivity (Wildman–Crippen MR) is 114 cm³/mol. The van der Waals surface area contributed by atoms with Crippen molar-refractivity contribution < 1.29 is 14.5 Å². The van der Waals surface area contributed by atoms with Gasteiger partial charge in [0, 0.05) is 44.9 Å². The third-order valence-electron chi connectivity index (χ3n) is 5.34. The van der Waals surface area contributed by atoms with Crippen molar-refractivity contribution in [3.8, 4) is 5.75 Å². The van der Waals surface area contributed by atoms with E-state index >= 15 is 0 Å². The van der Waals surface area contributed by atoms with Gasteiger partial charge in [-0.3, -0.25) is 19.8 Å². The van der Waals surface area contributed by atoms with Crippen molar-refractivity contribution in [2.45, 2.75) is 6.54 Å². The Bertz CT molecular complexity index is 1060. The molecule has 30 heavy (non-hydrogen) atoms. The predicted octanol–water partition coefficient (Wildman–Crippen LogP) is 3.47. The maximum atomic E-state index is 12.5. The summed E-state index contributed by atoms with van der Waals surface area (Å²) in [6.07, 6.45) is 0. The van der Waals surface area contributed by atoms with Gasteiger partial charge in [-0.25, -0.2) is 0 Å². The van der Waals surface area contributed by atoms with E-state index in [0.717, 1.165) is 29.4 Å². The number of nitro groups is 1. The molecule has 7 heteroatoms. The van der Waals surface area contributed by atoms with E-state index in [1.165, 1.54) is 6.07 Å². The molecule has 7 nitrogen and oxygen atoms in total. The van der Waals surface area contributed by atoms with Crippen LogP contribution in [0.25, 0.3) is 10.8 Å². The van der Waals surface area contributed by atoms with Gasteiger partial charge in [0.15, 0.2) is 6.61 Å². The van der Waals surface area contributed by atoms with Crippen LogP contribution < -0.4 is 4.74 Å². The molecular formula is C23H23N3O4. The van der Waals surface area contributed by atoms with Gasteiger partial charge in [0.1, 0.15) is 5.75 Å². The van der Waals surface area contributed by atoms with Gasteiger partial charge in [-0.15, -0.1) is 0 Å². The fourth-order valence-electron chi connectivity index (χ4n) is 3.68. The average molecular weight is 405 g/mol. The number of ether oxygens (including phenoxy) is 1. The number of carbonyl (C=O) groups excluding carboxylic acids is 1. The topological polar surface area (TPSA) is 75.9 Å². The second-order valence-electron chi connectivity index (χ2n) is 7.38. The zero-order valence-corrected chi connectivity index (χ0v) is 16.6. The van der Waals surface area contributed by atoms with E-state index in [9.17, 15) is 14.9 Å². The molecular weight excluding hydrogens is 382 g/mol. The molecule has 4 rings (SSSR count). The van der Waals surface area contributed by atoms with Crippen LogP contribution in [0.1, 0.15) is 5.56 Å². The lowest BCUT2D eigenvalue weighted by Gasteiger charge is -2.34. The Labute approximate surface area is 174 Å². The van der Waals surface area contributed by atoms with E-state index in [0.29, 0.717) is 25.4 Å². The second-order valence-corrected chi connectivity index (χ2v) is 7.38. The van der Waals surface area contributed by atoms with E-state index in [4.69, 9.17) is 4.74 Å². The highest BCUT2D eigenvalue weighted by molar-refractivity contribution is 5.84. The molecule has 0 spiro atoms. The van der Waals surface area contributed by atoms with Crippen LogP contribution in [0.3, 0.4) is 0 Å². The molecule has 1 fully saturated rings. The van der Waals surface area contributed by atoms with Gasteiger partial charge in [-0.1, -0.05) is 42.5 Å². The summed E-state index contributed by atoms with van der Waals surface area (Å²) in [5.41, 5.74) is 1.01. The van der Waals surface area contributed by atoms with Crippen LogP contribution in [0.4, 0.5) is 5.69 Å². The molecule has 0 unspecified atom stereocenters. The summed E-state index contributed by atoms with van der Waals surface area (Å²) < 4.78 is 5.72. The number of piperazine rings is 1. The molecule has 0 aromatic heterocycles. The quantitative estimate of drug-likeness (QED) is 0.464. The maximum absolute atomic E-state index is 12.5. The minimum absolute atomic E-state index is 0.0171. The highest BCUT2D eigenvalue weighted by Crippen LogP contribution is 2.21. The highest BCUT2D eigenvalue weighted by Gasteiger charge is 2.22.